The molecular weight excluding hydrogens is 246 g/mol. The molecule has 1 rings (SSSR count). The van der Waals surface area contributed by atoms with Crippen molar-refractivity contribution in [1.29, 1.82) is 0 Å². The summed E-state index contributed by atoms with van der Waals surface area (Å²) < 4.78 is 0. The average Bonchev–Trinajstić information content (AvgIpc) is 2.19. The highest BCUT2D eigenvalue weighted by Gasteiger charge is 2.28. The molecule has 1 aromatic rings. The summed E-state index contributed by atoms with van der Waals surface area (Å²) in [6.45, 7) is 1.46. The van der Waals surface area contributed by atoms with E-state index >= 15 is 0 Å². The molecule has 0 bridgehead atoms. The van der Waals surface area contributed by atoms with Crippen LogP contribution in [0.4, 0.5) is 5.69 Å². The molecule has 0 saturated carbocycles. The summed E-state index contributed by atoms with van der Waals surface area (Å²) >= 11 is 3.07. The highest BCUT2D eigenvalue weighted by atomic mass is 79.9. The lowest BCUT2D eigenvalue weighted by Gasteiger charge is -2.19. The number of carbonyl (C=O) groups is 1. The number of aliphatic hydroxyl groups is 1. The SMILES string of the molecule is C[C@](O)(CBr)C(=O)Nc1ccccc1. The van der Waals surface area contributed by atoms with E-state index in [-0.39, 0.29) is 5.33 Å². The number of benzene rings is 1. The van der Waals surface area contributed by atoms with Crippen LogP contribution in [0.5, 0.6) is 0 Å². The number of rotatable bonds is 3. The second kappa shape index (κ2) is 4.57. The van der Waals surface area contributed by atoms with Gasteiger partial charge in [-0.05, 0) is 19.1 Å². The van der Waals surface area contributed by atoms with E-state index in [0.29, 0.717) is 5.69 Å². The standard InChI is InChI=1S/C10H12BrNO2/c1-10(14,7-11)9(13)12-8-5-3-2-4-6-8/h2-6,14H,7H2,1H3,(H,12,13)/t10-/m0/s1. The van der Waals surface area contributed by atoms with Gasteiger partial charge in [0.1, 0.15) is 5.60 Å². The zero-order chi connectivity index (χ0) is 10.6. The molecule has 2 N–H and O–H groups in total. The molecule has 0 heterocycles. The number of carbonyl (C=O) groups excluding carboxylic acids is 1. The van der Waals surface area contributed by atoms with E-state index < -0.39 is 11.5 Å². The van der Waals surface area contributed by atoms with E-state index in [4.69, 9.17) is 0 Å². The Morgan fingerprint density at radius 3 is 2.57 bits per heavy atom. The van der Waals surface area contributed by atoms with Crippen molar-refractivity contribution in [1.82, 2.24) is 0 Å². The van der Waals surface area contributed by atoms with E-state index in [1.165, 1.54) is 6.92 Å². The normalized spacial score (nSPS) is 14.5. The molecule has 4 heteroatoms. The Morgan fingerprint density at radius 1 is 1.50 bits per heavy atom. The summed E-state index contributed by atoms with van der Waals surface area (Å²) in [5, 5.41) is 12.4. The molecule has 0 fully saturated rings. The summed E-state index contributed by atoms with van der Waals surface area (Å²) in [4.78, 5) is 11.5. The van der Waals surface area contributed by atoms with Crippen LogP contribution < -0.4 is 5.32 Å². The second-order valence-electron chi connectivity index (χ2n) is 3.23. The zero-order valence-electron chi connectivity index (χ0n) is 7.83. The van der Waals surface area contributed by atoms with Gasteiger partial charge in [-0.1, -0.05) is 34.1 Å². The number of para-hydroxylation sites is 1. The largest absolute Gasteiger partial charge is 0.379 e. The molecule has 1 amide bonds. The lowest BCUT2D eigenvalue weighted by molar-refractivity contribution is -0.130. The van der Waals surface area contributed by atoms with Gasteiger partial charge in [-0.3, -0.25) is 4.79 Å². The summed E-state index contributed by atoms with van der Waals surface area (Å²) in [5.74, 6) is -0.416. The molecule has 1 atom stereocenters. The zero-order valence-corrected chi connectivity index (χ0v) is 9.41. The average molecular weight is 258 g/mol. The van der Waals surface area contributed by atoms with Crippen molar-refractivity contribution < 1.29 is 9.90 Å². The van der Waals surface area contributed by atoms with Gasteiger partial charge < -0.3 is 10.4 Å². The third-order valence-electron chi connectivity index (χ3n) is 1.78. The molecule has 0 spiro atoms. The van der Waals surface area contributed by atoms with Crippen LogP contribution in [0.3, 0.4) is 0 Å². The Kier molecular flexibility index (Phi) is 3.66. The second-order valence-corrected chi connectivity index (χ2v) is 3.79. The number of amides is 1. The minimum atomic E-state index is -1.38. The molecular formula is C10H12BrNO2. The fourth-order valence-corrected chi connectivity index (χ4v) is 1.10. The first-order valence-electron chi connectivity index (χ1n) is 4.21. The number of nitrogens with one attached hydrogen (secondary N) is 1. The molecule has 0 aliphatic rings. The maximum Gasteiger partial charge on any atom is 0.256 e. The Balaban J connectivity index is 2.67. The van der Waals surface area contributed by atoms with Crippen molar-refractivity contribution >= 4 is 27.5 Å². The Labute approximate surface area is 91.3 Å². The molecule has 0 radical (unpaired) electrons. The summed E-state index contributed by atoms with van der Waals surface area (Å²) in [6, 6.07) is 9.03. The summed E-state index contributed by atoms with van der Waals surface area (Å²) in [7, 11) is 0. The van der Waals surface area contributed by atoms with Gasteiger partial charge in [0.05, 0.1) is 0 Å². The maximum absolute atomic E-state index is 11.5. The van der Waals surface area contributed by atoms with E-state index in [2.05, 4.69) is 21.2 Å². The fourth-order valence-electron chi connectivity index (χ4n) is 0.848. The van der Waals surface area contributed by atoms with Crippen LogP contribution in [-0.2, 0) is 4.79 Å². The minimum absolute atomic E-state index is 0.207. The molecule has 0 aliphatic carbocycles. The lowest BCUT2D eigenvalue weighted by Crippen LogP contribution is -2.41. The molecule has 76 valence electrons. The molecule has 0 aliphatic heterocycles. The summed E-state index contributed by atoms with van der Waals surface area (Å²) in [5.41, 5.74) is -0.700. The smallest absolute Gasteiger partial charge is 0.256 e. The first kappa shape index (κ1) is 11.2. The lowest BCUT2D eigenvalue weighted by atomic mass is 10.1. The molecule has 14 heavy (non-hydrogen) atoms. The van der Waals surface area contributed by atoms with Gasteiger partial charge >= 0.3 is 0 Å². The predicted octanol–water partition coefficient (Wildman–Crippen LogP) is 1.77. The van der Waals surface area contributed by atoms with Gasteiger partial charge in [0.2, 0.25) is 0 Å². The fraction of sp³-hybridized carbons (Fsp3) is 0.300. The maximum atomic E-state index is 11.5. The molecule has 0 aromatic heterocycles. The van der Waals surface area contributed by atoms with Crippen LogP contribution in [0.15, 0.2) is 30.3 Å². The first-order chi connectivity index (χ1) is 6.56. The van der Waals surface area contributed by atoms with Crippen molar-refractivity contribution in [3.8, 4) is 0 Å². The molecule has 0 unspecified atom stereocenters. The van der Waals surface area contributed by atoms with Crippen molar-refractivity contribution in [3.63, 3.8) is 0 Å². The van der Waals surface area contributed by atoms with Crippen LogP contribution in [0.1, 0.15) is 6.92 Å². The van der Waals surface area contributed by atoms with E-state index in [1.54, 1.807) is 12.1 Å². The van der Waals surface area contributed by atoms with Gasteiger partial charge in [-0.2, -0.15) is 0 Å². The Hall–Kier alpha value is -0.870. The number of halogens is 1. The van der Waals surface area contributed by atoms with Gasteiger partial charge in [-0.25, -0.2) is 0 Å². The molecule has 0 saturated heterocycles. The quantitative estimate of drug-likeness (QED) is 0.812. The summed E-state index contributed by atoms with van der Waals surface area (Å²) in [6.07, 6.45) is 0. The van der Waals surface area contributed by atoms with E-state index in [1.807, 2.05) is 18.2 Å². The number of alkyl halides is 1. The highest BCUT2D eigenvalue weighted by Crippen LogP contribution is 2.12. The van der Waals surface area contributed by atoms with Crippen LogP contribution in [0.25, 0.3) is 0 Å². The van der Waals surface area contributed by atoms with Crippen molar-refractivity contribution in [2.24, 2.45) is 0 Å². The highest BCUT2D eigenvalue weighted by molar-refractivity contribution is 9.09. The minimum Gasteiger partial charge on any atom is -0.379 e. The number of anilines is 1. The molecule has 3 nitrogen and oxygen atoms in total. The van der Waals surface area contributed by atoms with Crippen molar-refractivity contribution in [2.45, 2.75) is 12.5 Å². The molecule has 1 aromatic carbocycles. The van der Waals surface area contributed by atoms with Crippen LogP contribution in [0.2, 0.25) is 0 Å². The van der Waals surface area contributed by atoms with Gasteiger partial charge in [0, 0.05) is 11.0 Å². The third kappa shape index (κ3) is 2.82. The van der Waals surface area contributed by atoms with Crippen LogP contribution >= 0.6 is 15.9 Å². The van der Waals surface area contributed by atoms with Crippen LogP contribution in [-0.4, -0.2) is 21.9 Å². The van der Waals surface area contributed by atoms with E-state index in [0.717, 1.165) is 0 Å². The Morgan fingerprint density at radius 2 is 2.07 bits per heavy atom. The van der Waals surface area contributed by atoms with Crippen molar-refractivity contribution in [3.05, 3.63) is 30.3 Å². The van der Waals surface area contributed by atoms with Gasteiger partial charge in [-0.15, -0.1) is 0 Å². The van der Waals surface area contributed by atoms with Gasteiger partial charge in [0.25, 0.3) is 5.91 Å². The van der Waals surface area contributed by atoms with E-state index in [9.17, 15) is 9.90 Å². The Bertz CT molecular complexity index is 311. The van der Waals surface area contributed by atoms with Crippen LogP contribution in [0, 0.1) is 0 Å². The number of hydrogen-bond acceptors (Lipinski definition) is 2. The first-order valence-corrected chi connectivity index (χ1v) is 5.33. The van der Waals surface area contributed by atoms with Gasteiger partial charge in [0.15, 0.2) is 0 Å². The predicted molar refractivity (Wildman–Crippen MR) is 59.5 cm³/mol. The third-order valence-corrected chi connectivity index (χ3v) is 2.87. The number of hydrogen-bond donors (Lipinski definition) is 2. The van der Waals surface area contributed by atoms with Crippen molar-refractivity contribution in [2.75, 3.05) is 10.6 Å². The monoisotopic (exact) mass is 257 g/mol. The topological polar surface area (TPSA) is 49.3 Å².